The van der Waals surface area contributed by atoms with Gasteiger partial charge in [-0.1, -0.05) is 37.4 Å². The average molecular weight is 342 g/mol. The normalized spacial score (nSPS) is 11.4. The summed E-state index contributed by atoms with van der Waals surface area (Å²) < 4.78 is 5.53. The lowest BCUT2D eigenvalue weighted by atomic mass is 9.97. The highest BCUT2D eigenvalue weighted by Gasteiger charge is 2.15. The Balaban J connectivity index is 2.38. The molecule has 2 heterocycles. The maximum atomic E-state index is 5.53. The van der Waals surface area contributed by atoms with Gasteiger partial charge in [-0.3, -0.25) is 4.98 Å². The van der Waals surface area contributed by atoms with Crippen LogP contribution in [0.5, 0.6) is 5.75 Å². The number of rotatable bonds is 5. The zero-order chi connectivity index (χ0) is 18.7. The van der Waals surface area contributed by atoms with Gasteiger partial charge >= 0.3 is 0 Å². The van der Waals surface area contributed by atoms with E-state index in [0.29, 0.717) is 0 Å². The van der Waals surface area contributed by atoms with Crippen molar-refractivity contribution in [1.29, 1.82) is 0 Å². The summed E-state index contributed by atoms with van der Waals surface area (Å²) in [6.07, 6.45) is 5.59. The van der Waals surface area contributed by atoms with E-state index in [-0.39, 0.29) is 0 Å². The molecule has 0 aliphatic heterocycles. The molecule has 0 unspecified atom stereocenters. The molecule has 0 aliphatic rings. The van der Waals surface area contributed by atoms with E-state index < -0.39 is 0 Å². The lowest BCUT2D eigenvalue weighted by molar-refractivity contribution is 0.416. The largest absolute Gasteiger partial charge is 0.496 e. The Hall–Kier alpha value is -3.20. The number of fused-ring (bicyclic) bond motifs is 1. The summed E-state index contributed by atoms with van der Waals surface area (Å²) in [6.45, 7) is 12.0. The maximum absolute atomic E-state index is 5.53. The molecule has 0 fully saturated rings. The van der Waals surface area contributed by atoms with Crippen LogP contribution in [-0.2, 0) is 0 Å². The van der Waals surface area contributed by atoms with E-state index in [9.17, 15) is 0 Å². The van der Waals surface area contributed by atoms with Crippen molar-refractivity contribution >= 4 is 22.0 Å². The fourth-order valence-corrected chi connectivity index (χ4v) is 2.95. The minimum Gasteiger partial charge on any atom is -0.496 e. The van der Waals surface area contributed by atoms with Crippen molar-refractivity contribution in [1.82, 2.24) is 9.97 Å². The zero-order valence-electron chi connectivity index (χ0n) is 15.4. The molecule has 3 rings (SSSR count). The Morgan fingerprint density at radius 3 is 2.65 bits per heavy atom. The van der Waals surface area contributed by atoms with Gasteiger partial charge < -0.3 is 4.74 Å². The van der Waals surface area contributed by atoms with Gasteiger partial charge in [0, 0.05) is 22.7 Å². The van der Waals surface area contributed by atoms with E-state index in [0.717, 1.165) is 50.3 Å². The molecular weight excluding hydrogens is 320 g/mol. The standard InChI is InChI=1S/C23H22N2O/c1-6-15(3)18-14-19-20(25-22(18)16(4)7-2)12-13-24-23(19)17-10-8-9-11-21(17)26-5/h6-14H,2,4H2,1,3,5H3. The van der Waals surface area contributed by atoms with Crippen molar-refractivity contribution in [3.63, 3.8) is 0 Å². The monoisotopic (exact) mass is 342 g/mol. The molecule has 0 radical (unpaired) electrons. The number of allylic oxidation sites excluding steroid dienone is 4. The van der Waals surface area contributed by atoms with Crippen LogP contribution >= 0.6 is 0 Å². The summed E-state index contributed by atoms with van der Waals surface area (Å²) in [5.74, 6) is 0.788. The van der Waals surface area contributed by atoms with E-state index in [4.69, 9.17) is 9.72 Å². The molecule has 0 bridgehead atoms. The second kappa shape index (κ2) is 7.36. The first-order valence-electron chi connectivity index (χ1n) is 8.48. The minimum atomic E-state index is 0.788. The second-order valence-electron chi connectivity index (χ2n) is 6.01. The van der Waals surface area contributed by atoms with E-state index in [1.54, 1.807) is 19.4 Å². The second-order valence-corrected chi connectivity index (χ2v) is 6.01. The highest BCUT2D eigenvalue weighted by molar-refractivity contribution is 5.97. The van der Waals surface area contributed by atoms with Crippen LogP contribution < -0.4 is 4.74 Å². The molecule has 0 aliphatic carbocycles. The number of ether oxygens (including phenoxy) is 1. The first kappa shape index (κ1) is 17.6. The highest BCUT2D eigenvalue weighted by atomic mass is 16.5. The molecule has 1 aromatic carbocycles. The van der Waals surface area contributed by atoms with Crippen molar-refractivity contribution in [2.75, 3.05) is 7.11 Å². The van der Waals surface area contributed by atoms with E-state index in [2.05, 4.69) is 37.2 Å². The van der Waals surface area contributed by atoms with Crippen LogP contribution in [0.15, 0.2) is 67.9 Å². The number of hydrogen-bond donors (Lipinski definition) is 0. The summed E-state index contributed by atoms with van der Waals surface area (Å²) in [4.78, 5) is 9.49. The molecule has 0 spiro atoms. The third-order valence-electron chi connectivity index (χ3n) is 4.51. The fraction of sp³-hybridized carbons (Fsp3) is 0.130. The number of methoxy groups -OCH3 is 1. The van der Waals surface area contributed by atoms with Gasteiger partial charge in [-0.2, -0.15) is 0 Å². The summed E-state index contributed by atoms with van der Waals surface area (Å²) in [5, 5.41) is 0.980. The number of benzene rings is 1. The summed E-state index contributed by atoms with van der Waals surface area (Å²) in [6, 6.07) is 11.9. The summed E-state index contributed by atoms with van der Waals surface area (Å²) >= 11 is 0. The van der Waals surface area contributed by atoms with Crippen LogP contribution in [0.2, 0.25) is 0 Å². The molecule has 0 saturated carbocycles. The quantitative estimate of drug-likeness (QED) is 0.539. The third-order valence-corrected chi connectivity index (χ3v) is 4.51. The Bertz CT molecular complexity index is 1030. The summed E-state index contributed by atoms with van der Waals surface area (Å²) in [5.41, 5.74) is 6.49. The highest BCUT2D eigenvalue weighted by Crippen LogP contribution is 2.35. The Labute approximate surface area is 154 Å². The Morgan fingerprint density at radius 2 is 1.96 bits per heavy atom. The molecule has 130 valence electrons. The molecule has 3 aromatic rings. The molecule has 0 N–H and O–H groups in total. The van der Waals surface area contributed by atoms with Gasteiger partial charge in [0.25, 0.3) is 0 Å². The van der Waals surface area contributed by atoms with Gasteiger partial charge in [-0.25, -0.2) is 4.98 Å². The van der Waals surface area contributed by atoms with Gasteiger partial charge in [0.15, 0.2) is 0 Å². The van der Waals surface area contributed by atoms with Gasteiger partial charge in [0.05, 0.1) is 24.0 Å². The first-order valence-corrected chi connectivity index (χ1v) is 8.48. The zero-order valence-corrected chi connectivity index (χ0v) is 15.4. The van der Waals surface area contributed by atoms with Crippen molar-refractivity contribution in [2.45, 2.75) is 13.8 Å². The minimum absolute atomic E-state index is 0.788. The summed E-state index contributed by atoms with van der Waals surface area (Å²) in [7, 11) is 1.67. The lowest BCUT2D eigenvalue weighted by Crippen LogP contribution is -1.98. The smallest absolute Gasteiger partial charge is 0.128 e. The van der Waals surface area contributed by atoms with Crippen molar-refractivity contribution < 1.29 is 4.74 Å². The number of nitrogens with zero attached hydrogens (tertiary/aromatic N) is 2. The average Bonchev–Trinajstić information content (AvgIpc) is 2.71. The molecule has 2 aromatic heterocycles. The lowest BCUT2D eigenvalue weighted by Gasteiger charge is -2.14. The Morgan fingerprint density at radius 1 is 1.19 bits per heavy atom. The number of para-hydroxylation sites is 1. The van der Waals surface area contributed by atoms with Crippen LogP contribution in [0.4, 0.5) is 0 Å². The molecule has 3 heteroatoms. The SMILES string of the molecule is C=CC(=C)c1nc2ccnc(-c3ccccc3OC)c2cc1C(C)=CC. The van der Waals surface area contributed by atoms with Gasteiger partial charge in [0.2, 0.25) is 0 Å². The number of aromatic nitrogens is 2. The predicted octanol–water partition coefficient (Wildman–Crippen LogP) is 5.93. The van der Waals surface area contributed by atoms with E-state index in [1.165, 1.54) is 0 Å². The van der Waals surface area contributed by atoms with E-state index in [1.807, 2.05) is 37.3 Å². The topological polar surface area (TPSA) is 35.0 Å². The van der Waals surface area contributed by atoms with Crippen molar-refractivity contribution in [3.05, 3.63) is 79.2 Å². The van der Waals surface area contributed by atoms with Crippen LogP contribution in [-0.4, -0.2) is 17.1 Å². The molecule has 0 atom stereocenters. The number of hydrogen-bond acceptors (Lipinski definition) is 3. The number of pyridine rings is 2. The van der Waals surface area contributed by atoms with Crippen LogP contribution in [0.1, 0.15) is 25.1 Å². The Kier molecular flexibility index (Phi) is 4.99. The van der Waals surface area contributed by atoms with Crippen molar-refractivity contribution in [3.8, 4) is 17.0 Å². The van der Waals surface area contributed by atoms with Crippen LogP contribution in [0.25, 0.3) is 33.3 Å². The van der Waals surface area contributed by atoms with Gasteiger partial charge in [0.1, 0.15) is 5.75 Å². The first-order chi connectivity index (χ1) is 12.6. The maximum Gasteiger partial charge on any atom is 0.128 e. The fourth-order valence-electron chi connectivity index (χ4n) is 2.95. The molecule has 3 nitrogen and oxygen atoms in total. The van der Waals surface area contributed by atoms with Crippen molar-refractivity contribution in [2.24, 2.45) is 0 Å². The van der Waals surface area contributed by atoms with Crippen LogP contribution in [0.3, 0.4) is 0 Å². The van der Waals surface area contributed by atoms with E-state index >= 15 is 0 Å². The predicted molar refractivity (Wildman–Crippen MR) is 110 cm³/mol. The molecular formula is C23H22N2O. The third kappa shape index (κ3) is 3.04. The molecule has 26 heavy (non-hydrogen) atoms. The van der Waals surface area contributed by atoms with Gasteiger partial charge in [-0.05, 0) is 49.3 Å². The van der Waals surface area contributed by atoms with Gasteiger partial charge in [-0.15, -0.1) is 0 Å². The molecule has 0 saturated heterocycles. The molecule has 0 amide bonds. The van der Waals surface area contributed by atoms with Crippen LogP contribution in [0, 0.1) is 0 Å².